The van der Waals surface area contributed by atoms with Crippen LogP contribution in [0.3, 0.4) is 0 Å². The molecule has 3 aliphatic heterocycles. The van der Waals surface area contributed by atoms with Crippen molar-refractivity contribution in [2.45, 2.75) is 211 Å². The largest absolute Gasteiger partial charge is 0.432 e. The Balaban J connectivity index is 1.12. The van der Waals surface area contributed by atoms with Gasteiger partial charge in [-0.05, 0) is 111 Å². The number of rotatable bonds is 7. The van der Waals surface area contributed by atoms with Crippen LogP contribution in [0.15, 0.2) is 11.6 Å². The lowest BCUT2D eigenvalue weighted by molar-refractivity contribution is -0.365. The van der Waals surface area contributed by atoms with Gasteiger partial charge in [0.25, 0.3) is 0 Å². The molecule has 8 aliphatic rings. The third kappa shape index (κ3) is 7.31. The maximum Gasteiger partial charge on any atom is 0.315 e. The Morgan fingerprint density at radius 1 is 0.719 bits per heavy atom. The molecule has 64 heavy (non-hydrogen) atoms. The Kier molecular flexibility index (Phi) is 13.0. The highest BCUT2D eigenvalue weighted by Crippen LogP contribution is 2.76. The van der Waals surface area contributed by atoms with Crippen molar-refractivity contribution < 1.29 is 84.3 Å². The highest BCUT2D eigenvalue weighted by Gasteiger charge is 2.72. The number of allylic oxidation sites excluding steroid dienone is 1. The molecule has 0 amide bonds. The summed E-state index contributed by atoms with van der Waals surface area (Å²) in [4.78, 5) is 15.4. The van der Waals surface area contributed by atoms with Crippen LogP contribution in [0.1, 0.15) is 113 Å². The van der Waals surface area contributed by atoms with Crippen molar-refractivity contribution in [3.8, 4) is 0 Å². The number of esters is 1. The molecule has 4 saturated carbocycles. The summed E-state index contributed by atoms with van der Waals surface area (Å²) in [6.07, 6.45) is -14.3. The second-order valence-electron chi connectivity index (χ2n) is 22.7. The fourth-order valence-corrected chi connectivity index (χ4v) is 14.7. The normalized spacial score (nSPS) is 56.1. The zero-order valence-corrected chi connectivity index (χ0v) is 38.7. The Hall–Kier alpha value is -1.39. The van der Waals surface area contributed by atoms with E-state index in [1.165, 1.54) is 6.92 Å². The van der Waals surface area contributed by atoms with Gasteiger partial charge in [0.05, 0.1) is 36.4 Å². The number of ether oxygens (including phenoxy) is 6. The van der Waals surface area contributed by atoms with Crippen LogP contribution in [0, 0.1) is 50.7 Å². The second kappa shape index (κ2) is 16.9. The molecule has 366 valence electrons. The fourth-order valence-electron chi connectivity index (χ4n) is 14.7. The summed E-state index contributed by atoms with van der Waals surface area (Å²) in [6, 6.07) is 0. The van der Waals surface area contributed by atoms with Crippen molar-refractivity contribution in [2.75, 3.05) is 13.2 Å². The molecule has 3 saturated heterocycles. The van der Waals surface area contributed by atoms with E-state index >= 15 is 4.79 Å². The predicted octanol–water partition coefficient (Wildman–Crippen LogP) is 0.778. The van der Waals surface area contributed by atoms with Gasteiger partial charge in [0.15, 0.2) is 18.7 Å². The van der Waals surface area contributed by atoms with E-state index in [-0.39, 0.29) is 34.9 Å². The summed E-state index contributed by atoms with van der Waals surface area (Å²) in [5.41, 5.74) is -2.43. The fraction of sp³-hybridized carbons (Fsp3) is 0.936. The van der Waals surface area contributed by atoms with Gasteiger partial charge in [0.1, 0.15) is 54.9 Å². The van der Waals surface area contributed by atoms with E-state index in [9.17, 15) is 51.1 Å². The summed E-state index contributed by atoms with van der Waals surface area (Å²) in [6.45, 7) is 15.9. The summed E-state index contributed by atoms with van der Waals surface area (Å²) >= 11 is 0. The summed E-state index contributed by atoms with van der Waals surface area (Å²) in [5, 5.41) is 110. The molecule has 0 unspecified atom stereocenters. The first-order valence-corrected chi connectivity index (χ1v) is 23.7. The van der Waals surface area contributed by atoms with E-state index in [1.807, 2.05) is 13.8 Å². The molecule has 0 aromatic rings. The topological polar surface area (TPSA) is 275 Å². The molecular formula is C47H76O17. The van der Waals surface area contributed by atoms with Gasteiger partial charge in [-0.25, -0.2) is 0 Å². The molecule has 0 bridgehead atoms. The van der Waals surface area contributed by atoms with Crippen LogP contribution in [0.5, 0.6) is 0 Å². The molecule has 17 nitrogen and oxygen atoms in total. The average Bonchev–Trinajstić information content (AvgIpc) is 3.23. The van der Waals surface area contributed by atoms with Crippen LogP contribution in [0.25, 0.3) is 0 Å². The Morgan fingerprint density at radius 2 is 1.41 bits per heavy atom. The van der Waals surface area contributed by atoms with Crippen LogP contribution in [0.2, 0.25) is 0 Å². The van der Waals surface area contributed by atoms with Gasteiger partial charge in [0.2, 0.25) is 6.29 Å². The van der Waals surface area contributed by atoms with Crippen LogP contribution in [0.4, 0.5) is 0 Å². The monoisotopic (exact) mass is 913 g/mol. The molecule has 3 heterocycles. The first-order chi connectivity index (χ1) is 29.8. The van der Waals surface area contributed by atoms with E-state index < -0.39 is 121 Å². The molecule has 0 aromatic heterocycles. The standard InChI is InChI=1S/C47H76O17/c1-21-11-16-47(18-17-44(6)23(37(47)46(21,8)58)9-10-27-43(5)14-13-28(49)42(3,4)26(43)12-15-45(27,44)7)41(57)64-40-36(63-39-35(56)32(53)29(50)22(2)61-39)33(54)31(52)25(62-40)20-60-38-34(55)30(51)24(48)19-59-38/h9,21-22,24-40,48-56,58H,10-20H2,1-8H3/t21-,22+,24-,25-,26+,27-,28+,29+,30+,31-,32-,33+,34-,35-,36-,37-,38+,39+,40+,43+,44-,45-,46-,47+/m1/s1. The van der Waals surface area contributed by atoms with Gasteiger partial charge in [0, 0.05) is 5.92 Å². The summed E-state index contributed by atoms with van der Waals surface area (Å²) < 4.78 is 35.4. The lowest BCUT2D eigenvalue weighted by Crippen LogP contribution is -2.68. The van der Waals surface area contributed by atoms with Crippen LogP contribution in [-0.2, 0) is 33.2 Å². The van der Waals surface area contributed by atoms with Crippen molar-refractivity contribution in [3.05, 3.63) is 11.6 Å². The molecule has 7 fully saturated rings. The minimum atomic E-state index is -1.89. The Labute approximate surface area is 376 Å². The van der Waals surface area contributed by atoms with Gasteiger partial charge < -0.3 is 79.5 Å². The van der Waals surface area contributed by atoms with Crippen molar-refractivity contribution in [3.63, 3.8) is 0 Å². The van der Waals surface area contributed by atoms with Crippen LogP contribution < -0.4 is 0 Å². The SMILES string of the molecule is C[C@@H]1O[C@@H](O[C@H]2[C@H](OC(=O)[C@]34CC[C@@H](C)[C@@](C)(O)[C@H]3C3=CC[C@@H]5[C@@]6(C)CC[C@H](O)C(C)(C)[C@@H]6CC[C@@]5(C)[C@]3(C)CC4)O[C@H](CO[C@@H]3OC[C@@H](O)[C@H](O)[C@H]3O)[C@@H](O)[C@@H]2O)[C@H](O)[C@H](O)[C@H]1O. The molecule has 5 aliphatic carbocycles. The number of hydrogen-bond donors (Lipinski definition) is 10. The third-order valence-electron chi connectivity index (χ3n) is 19.3. The van der Waals surface area contributed by atoms with E-state index in [2.05, 4.69) is 40.7 Å². The molecular weight excluding hydrogens is 837 g/mol. The van der Waals surface area contributed by atoms with Crippen LogP contribution in [-0.4, -0.2) is 168 Å². The van der Waals surface area contributed by atoms with Crippen LogP contribution >= 0.6 is 0 Å². The zero-order chi connectivity index (χ0) is 46.9. The second-order valence-corrected chi connectivity index (χ2v) is 22.7. The van der Waals surface area contributed by atoms with Crippen molar-refractivity contribution in [2.24, 2.45) is 50.7 Å². The Bertz CT molecular complexity index is 1760. The van der Waals surface area contributed by atoms with Crippen molar-refractivity contribution in [1.82, 2.24) is 0 Å². The summed E-state index contributed by atoms with van der Waals surface area (Å²) in [5.74, 6) is -0.933. The van der Waals surface area contributed by atoms with E-state index in [1.54, 1.807) is 0 Å². The average molecular weight is 913 g/mol. The molecule has 0 spiro atoms. The van der Waals surface area contributed by atoms with Gasteiger partial charge in [-0.3, -0.25) is 4.79 Å². The molecule has 17 heteroatoms. The minimum Gasteiger partial charge on any atom is -0.432 e. The van der Waals surface area contributed by atoms with Gasteiger partial charge in [-0.15, -0.1) is 0 Å². The number of fused-ring (bicyclic) bond motifs is 7. The predicted molar refractivity (Wildman–Crippen MR) is 224 cm³/mol. The van der Waals surface area contributed by atoms with Gasteiger partial charge in [-0.1, -0.05) is 53.2 Å². The number of carbonyl (C=O) groups is 1. The van der Waals surface area contributed by atoms with E-state index in [4.69, 9.17) is 28.4 Å². The highest BCUT2D eigenvalue weighted by molar-refractivity contribution is 5.79. The number of carbonyl (C=O) groups excluding carboxylic acids is 1. The highest BCUT2D eigenvalue weighted by atomic mass is 16.8. The van der Waals surface area contributed by atoms with Gasteiger partial charge >= 0.3 is 5.97 Å². The van der Waals surface area contributed by atoms with E-state index in [0.717, 1.165) is 37.7 Å². The molecule has 0 radical (unpaired) electrons. The number of aliphatic hydroxyl groups excluding tert-OH is 9. The van der Waals surface area contributed by atoms with Gasteiger partial charge in [-0.2, -0.15) is 0 Å². The summed E-state index contributed by atoms with van der Waals surface area (Å²) in [7, 11) is 0. The van der Waals surface area contributed by atoms with Crippen molar-refractivity contribution >= 4 is 5.97 Å². The molecule has 0 aromatic carbocycles. The molecule has 10 N–H and O–H groups in total. The minimum absolute atomic E-state index is 0.0284. The Morgan fingerprint density at radius 3 is 2.11 bits per heavy atom. The van der Waals surface area contributed by atoms with Crippen molar-refractivity contribution in [1.29, 1.82) is 0 Å². The third-order valence-corrected chi connectivity index (χ3v) is 19.3. The molecule has 8 rings (SSSR count). The zero-order valence-electron chi connectivity index (χ0n) is 38.7. The number of aliphatic hydroxyl groups is 10. The smallest absolute Gasteiger partial charge is 0.315 e. The quantitative estimate of drug-likeness (QED) is 0.125. The lowest BCUT2D eigenvalue weighted by Gasteiger charge is -2.71. The van der Waals surface area contributed by atoms with E-state index in [0.29, 0.717) is 37.5 Å². The lowest BCUT2D eigenvalue weighted by atomic mass is 9.33. The number of hydrogen-bond acceptors (Lipinski definition) is 17. The molecule has 24 atom stereocenters. The maximum absolute atomic E-state index is 15.4. The maximum atomic E-state index is 15.4. The first kappa shape index (κ1) is 49.0. The first-order valence-electron chi connectivity index (χ1n) is 23.7.